The number of alkyl carbamates (subject to hydrolysis) is 1. The Morgan fingerprint density at radius 1 is 0.932 bits per heavy atom. The van der Waals surface area contributed by atoms with Crippen molar-refractivity contribution in [1.29, 1.82) is 0 Å². The number of rotatable bonds is 10. The van der Waals surface area contributed by atoms with Crippen molar-refractivity contribution in [2.75, 3.05) is 11.9 Å². The Hall–Kier alpha value is -5.11. The molecule has 0 saturated carbocycles. The highest BCUT2D eigenvalue weighted by Gasteiger charge is 2.36. The van der Waals surface area contributed by atoms with Crippen LogP contribution in [-0.2, 0) is 20.7 Å². The van der Waals surface area contributed by atoms with Gasteiger partial charge < -0.3 is 25.4 Å². The molecule has 0 aliphatic heterocycles. The molecule has 8 heteroatoms. The fraction of sp³-hybridized carbons (Fsp3) is 0.250. The van der Waals surface area contributed by atoms with Gasteiger partial charge in [0.2, 0.25) is 5.91 Å². The predicted molar refractivity (Wildman–Crippen MR) is 173 cm³/mol. The van der Waals surface area contributed by atoms with Gasteiger partial charge in [-0.1, -0.05) is 78.4 Å². The minimum Gasteiger partial charge on any atom is -0.508 e. The second kappa shape index (κ2) is 13.9. The Morgan fingerprint density at radius 3 is 2.23 bits per heavy atom. The first kappa shape index (κ1) is 31.8. The number of phenols is 1. The van der Waals surface area contributed by atoms with Crippen LogP contribution in [0.25, 0.3) is 10.8 Å². The van der Waals surface area contributed by atoms with Gasteiger partial charge in [0.15, 0.2) is 0 Å². The monoisotopic (exact) mass is 593 g/mol. The third kappa shape index (κ3) is 8.47. The van der Waals surface area contributed by atoms with Crippen LogP contribution in [0, 0.1) is 6.92 Å². The lowest BCUT2D eigenvalue weighted by Crippen LogP contribution is -2.53. The van der Waals surface area contributed by atoms with Gasteiger partial charge in [-0.2, -0.15) is 0 Å². The molecule has 3 N–H and O–H groups in total. The number of ether oxygens (including phenoxy) is 1. The zero-order valence-corrected chi connectivity index (χ0v) is 25.5. The van der Waals surface area contributed by atoms with E-state index in [1.807, 2.05) is 73.7 Å². The van der Waals surface area contributed by atoms with Gasteiger partial charge in [-0.3, -0.25) is 9.59 Å². The molecule has 44 heavy (non-hydrogen) atoms. The molecule has 228 valence electrons. The van der Waals surface area contributed by atoms with Crippen molar-refractivity contribution in [3.8, 4) is 5.75 Å². The largest absolute Gasteiger partial charge is 0.508 e. The van der Waals surface area contributed by atoms with E-state index < -0.39 is 35.6 Å². The van der Waals surface area contributed by atoms with E-state index in [9.17, 15) is 19.5 Å². The lowest BCUT2D eigenvalue weighted by molar-refractivity contribution is -0.140. The molecule has 0 bridgehead atoms. The van der Waals surface area contributed by atoms with Crippen molar-refractivity contribution >= 4 is 34.4 Å². The summed E-state index contributed by atoms with van der Waals surface area (Å²) in [6.07, 6.45) is 0.882. The molecule has 0 heterocycles. The molecule has 0 aromatic heterocycles. The molecule has 0 fully saturated rings. The van der Waals surface area contributed by atoms with E-state index in [1.54, 1.807) is 39.0 Å². The van der Waals surface area contributed by atoms with Crippen LogP contribution in [0.4, 0.5) is 10.5 Å². The molecule has 0 aliphatic carbocycles. The highest BCUT2D eigenvalue weighted by atomic mass is 16.6. The van der Waals surface area contributed by atoms with Crippen molar-refractivity contribution in [2.24, 2.45) is 0 Å². The van der Waals surface area contributed by atoms with Gasteiger partial charge in [0.05, 0.1) is 0 Å². The number of amides is 3. The van der Waals surface area contributed by atoms with Gasteiger partial charge in [-0.15, -0.1) is 6.58 Å². The summed E-state index contributed by atoms with van der Waals surface area (Å²) in [6.45, 7) is 11.0. The molecular formula is C36H39N3O5. The Labute approximate surface area is 258 Å². The van der Waals surface area contributed by atoms with Crippen LogP contribution in [0.15, 0.2) is 104 Å². The average molecular weight is 594 g/mol. The maximum Gasteiger partial charge on any atom is 0.408 e. The summed E-state index contributed by atoms with van der Waals surface area (Å²) in [6, 6.07) is 25.1. The van der Waals surface area contributed by atoms with Crippen LogP contribution in [0.1, 0.15) is 43.5 Å². The zero-order chi connectivity index (χ0) is 31.9. The molecule has 4 aromatic rings. The number of carbonyl (C=O) groups is 3. The van der Waals surface area contributed by atoms with Gasteiger partial charge in [0.25, 0.3) is 5.91 Å². The van der Waals surface area contributed by atoms with E-state index in [-0.39, 0.29) is 18.7 Å². The normalized spacial score (nSPS) is 12.5. The van der Waals surface area contributed by atoms with Gasteiger partial charge in [0.1, 0.15) is 23.4 Å². The topological polar surface area (TPSA) is 108 Å². The van der Waals surface area contributed by atoms with E-state index in [4.69, 9.17) is 4.74 Å². The molecule has 8 nitrogen and oxygen atoms in total. The lowest BCUT2D eigenvalue weighted by Gasteiger charge is -2.34. The SMILES string of the molecule is C=CCN(C(=O)C(Cc1ccc(O)cc1)NC(=O)OC(C)(C)C)C(C(=O)Nc1ccc2ccccc2c1)c1ccc(C)cc1. The van der Waals surface area contributed by atoms with Crippen molar-refractivity contribution in [3.05, 3.63) is 120 Å². The lowest BCUT2D eigenvalue weighted by atomic mass is 9.99. The van der Waals surface area contributed by atoms with E-state index in [0.29, 0.717) is 16.8 Å². The number of fused-ring (bicyclic) bond motifs is 1. The number of carbonyl (C=O) groups excluding carboxylic acids is 3. The number of aryl methyl sites for hydroxylation is 1. The van der Waals surface area contributed by atoms with Gasteiger partial charge in [-0.05, 0) is 73.9 Å². The Bertz CT molecular complexity index is 1620. The fourth-order valence-electron chi connectivity index (χ4n) is 4.88. The third-order valence-electron chi connectivity index (χ3n) is 6.94. The van der Waals surface area contributed by atoms with Crippen molar-refractivity contribution in [2.45, 2.75) is 51.8 Å². The molecule has 0 spiro atoms. The smallest absolute Gasteiger partial charge is 0.408 e. The summed E-state index contributed by atoms with van der Waals surface area (Å²) in [5.74, 6) is -0.835. The molecule has 4 aromatic carbocycles. The van der Waals surface area contributed by atoms with Crippen LogP contribution < -0.4 is 10.6 Å². The van der Waals surface area contributed by atoms with Gasteiger partial charge >= 0.3 is 6.09 Å². The maximum atomic E-state index is 14.4. The molecule has 2 atom stereocenters. The maximum absolute atomic E-state index is 14.4. The van der Waals surface area contributed by atoms with Gasteiger partial charge in [-0.25, -0.2) is 4.79 Å². The number of hydrogen-bond acceptors (Lipinski definition) is 5. The van der Waals surface area contributed by atoms with E-state index in [2.05, 4.69) is 17.2 Å². The molecule has 2 unspecified atom stereocenters. The summed E-state index contributed by atoms with van der Waals surface area (Å²) in [5.41, 5.74) is 2.10. The van der Waals surface area contributed by atoms with Crippen LogP contribution >= 0.6 is 0 Å². The first-order chi connectivity index (χ1) is 20.9. The highest BCUT2D eigenvalue weighted by Crippen LogP contribution is 2.27. The second-order valence-electron chi connectivity index (χ2n) is 11.7. The molecule has 0 radical (unpaired) electrons. The molecule has 0 saturated heterocycles. The molecule has 4 rings (SSSR count). The number of anilines is 1. The first-order valence-electron chi connectivity index (χ1n) is 14.5. The number of nitrogens with one attached hydrogen (secondary N) is 2. The van der Waals surface area contributed by atoms with E-state index >= 15 is 0 Å². The second-order valence-corrected chi connectivity index (χ2v) is 11.7. The Balaban J connectivity index is 1.72. The number of hydrogen-bond donors (Lipinski definition) is 3. The van der Waals surface area contributed by atoms with Gasteiger partial charge in [0, 0.05) is 18.7 Å². The quantitative estimate of drug-likeness (QED) is 0.178. The number of benzene rings is 4. The van der Waals surface area contributed by atoms with E-state index in [0.717, 1.165) is 16.3 Å². The number of nitrogens with zero attached hydrogens (tertiary/aromatic N) is 1. The minimum atomic E-state index is -1.09. The van der Waals surface area contributed by atoms with Crippen molar-refractivity contribution in [3.63, 3.8) is 0 Å². The van der Waals surface area contributed by atoms with Crippen LogP contribution in [0.2, 0.25) is 0 Å². The van der Waals surface area contributed by atoms with Crippen molar-refractivity contribution in [1.82, 2.24) is 10.2 Å². The fourth-order valence-corrected chi connectivity index (χ4v) is 4.88. The standard InChI is InChI=1S/C36H39N3O5/c1-6-21-39(34(42)31(38-35(43)44-36(3,4)5)22-25-13-19-30(40)20-14-25)32(27-15-11-24(2)12-16-27)33(41)37-29-18-17-26-9-7-8-10-28(26)23-29/h6-20,23,31-32,40H,1,21-22H2,2-5H3,(H,37,41)(H,38,43). The zero-order valence-electron chi connectivity index (χ0n) is 25.5. The van der Waals surface area contributed by atoms with Crippen LogP contribution in [-0.4, -0.2) is 46.1 Å². The van der Waals surface area contributed by atoms with Crippen LogP contribution in [0.5, 0.6) is 5.75 Å². The molecule has 3 amide bonds. The highest BCUT2D eigenvalue weighted by molar-refractivity contribution is 6.00. The molecular weight excluding hydrogens is 554 g/mol. The van der Waals surface area contributed by atoms with Crippen molar-refractivity contribution < 1.29 is 24.2 Å². The Morgan fingerprint density at radius 2 is 1.59 bits per heavy atom. The number of aromatic hydroxyl groups is 1. The Kier molecular flexibility index (Phi) is 10.1. The summed E-state index contributed by atoms with van der Waals surface area (Å²) < 4.78 is 5.47. The number of phenolic OH excluding ortho intramolecular Hbond substituents is 1. The summed E-state index contributed by atoms with van der Waals surface area (Å²) >= 11 is 0. The predicted octanol–water partition coefficient (Wildman–Crippen LogP) is 6.68. The average Bonchev–Trinajstić information content (AvgIpc) is 2.97. The minimum absolute atomic E-state index is 0.0323. The summed E-state index contributed by atoms with van der Waals surface area (Å²) in [5, 5.41) is 17.5. The summed E-state index contributed by atoms with van der Waals surface area (Å²) in [4.78, 5) is 42.8. The van der Waals surface area contributed by atoms with Crippen LogP contribution in [0.3, 0.4) is 0 Å². The third-order valence-corrected chi connectivity index (χ3v) is 6.94. The molecule has 0 aliphatic rings. The summed E-state index contributed by atoms with van der Waals surface area (Å²) in [7, 11) is 0. The first-order valence-corrected chi connectivity index (χ1v) is 14.5. The van der Waals surface area contributed by atoms with E-state index in [1.165, 1.54) is 17.0 Å².